The minimum atomic E-state index is -3.49. The summed E-state index contributed by atoms with van der Waals surface area (Å²) in [6.07, 6.45) is 0. The van der Waals surface area contributed by atoms with Crippen LogP contribution in [-0.2, 0) is 14.8 Å². The Balaban J connectivity index is 1.65. The molecule has 0 fully saturated rings. The summed E-state index contributed by atoms with van der Waals surface area (Å²) >= 11 is 1.38. The lowest BCUT2D eigenvalue weighted by Crippen LogP contribution is -2.22. The molecule has 0 atom stereocenters. The van der Waals surface area contributed by atoms with Gasteiger partial charge >= 0.3 is 0 Å². The molecule has 0 radical (unpaired) electrons. The number of aromatic nitrogens is 1. The fourth-order valence-electron chi connectivity index (χ4n) is 2.78. The number of hydrogen-bond donors (Lipinski definition) is 1. The third kappa shape index (κ3) is 4.95. The lowest BCUT2D eigenvalue weighted by atomic mass is 10.1. The maximum atomic E-state index is 12.3. The molecule has 0 aliphatic carbocycles. The van der Waals surface area contributed by atoms with E-state index in [0.717, 1.165) is 25.8 Å². The Bertz CT molecular complexity index is 1160. The second-order valence-corrected chi connectivity index (χ2v) is 10.1. The minimum absolute atomic E-state index is 0.177. The highest BCUT2D eigenvalue weighted by Crippen LogP contribution is 2.25. The van der Waals surface area contributed by atoms with E-state index in [0.29, 0.717) is 5.69 Å². The number of anilines is 1. The van der Waals surface area contributed by atoms with E-state index in [1.54, 1.807) is 12.1 Å². The first-order valence-electron chi connectivity index (χ1n) is 9.00. The van der Waals surface area contributed by atoms with Crippen LogP contribution < -0.4 is 5.32 Å². The van der Waals surface area contributed by atoms with Crippen molar-refractivity contribution in [3.63, 3.8) is 0 Å². The highest BCUT2D eigenvalue weighted by atomic mass is 32.2. The van der Waals surface area contributed by atoms with Crippen molar-refractivity contribution in [3.8, 4) is 0 Å². The quantitative estimate of drug-likeness (QED) is 0.603. The highest BCUT2D eigenvalue weighted by molar-refractivity contribution is 8.00. The summed E-state index contributed by atoms with van der Waals surface area (Å²) in [5.41, 5.74) is 3.66. The van der Waals surface area contributed by atoms with Gasteiger partial charge in [-0.1, -0.05) is 23.4 Å². The number of carbonyl (C=O) groups is 1. The van der Waals surface area contributed by atoms with Crippen LogP contribution in [0.25, 0.3) is 10.9 Å². The summed E-state index contributed by atoms with van der Waals surface area (Å²) in [5, 5.41) is 4.70. The molecule has 0 saturated heterocycles. The first kappa shape index (κ1) is 21.3. The van der Waals surface area contributed by atoms with Crippen LogP contribution in [0, 0.1) is 13.8 Å². The van der Waals surface area contributed by atoms with Gasteiger partial charge in [0.2, 0.25) is 15.9 Å². The summed E-state index contributed by atoms with van der Waals surface area (Å²) < 4.78 is 25.3. The Kier molecular flexibility index (Phi) is 6.26. The second-order valence-electron chi connectivity index (χ2n) is 6.96. The predicted octanol–water partition coefficient (Wildman–Crippen LogP) is 3.83. The lowest BCUT2D eigenvalue weighted by Gasteiger charge is -2.12. The summed E-state index contributed by atoms with van der Waals surface area (Å²) in [7, 11) is -0.529. The largest absolute Gasteiger partial charge is 0.325 e. The van der Waals surface area contributed by atoms with Gasteiger partial charge in [0.1, 0.15) is 5.03 Å². The number of thioether (sulfide) groups is 1. The number of sulfonamides is 1. The number of hydrogen-bond acceptors (Lipinski definition) is 5. The molecule has 1 heterocycles. The number of aryl methyl sites for hydroxylation is 2. The first-order valence-corrected chi connectivity index (χ1v) is 11.4. The second kappa shape index (κ2) is 8.52. The van der Waals surface area contributed by atoms with Gasteiger partial charge in [0, 0.05) is 25.2 Å². The number of nitrogens with zero attached hydrogens (tertiary/aromatic N) is 2. The lowest BCUT2D eigenvalue weighted by molar-refractivity contribution is -0.113. The molecule has 0 aliphatic rings. The zero-order chi connectivity index (χ0) is 21.2. The van der Waals surface area contributed by atoms with E-state index in [-0.39, 0.29) is 16.6 Å². The third-order valence-corrected chi connectivity index (χ3v) is 7.29. The molecular weight excluding hydrogens is 406 g/mol. The van der Waals surface area contributed by atoms with Crippen molar-refractivity contribution in [1.82, 2.24) is 9.29 Å². The number of nitrogens with one attached hydrogen (secondary N) is 1. The molecule has 1 aromatic heterocycles. The Morgan fingerprint density at radius 1 is 1.07 bits per heavy atom. The van der Waals surface area contributed by atoms with Crippen LogP contribution in [0.3, 0.4) is 0 Å². The zero-order valence-corrected chi connectivity index (χ0v) is 18.4. The first-order chi connectivity index (χ1) is 13.7. The molecule has 0 unspecified atom stereocenters. The molecule has 0 spiro atoms. The van der Waals surface area contributed by atoms with Gasteiger partial charge in [-0.3, -0.25) is 4.79 Å². The van der Waals surface area contributed by atoms with Crippen molar-refractivity contribution in [1.29, 1.82) is 0 Å². The zero-order valence-electron chi connectivity index (χ0n) is 16.8. The number of benzene rings is 2. The Labute approximate surface area is 175 Å². The number of pyridine rings is 1. The minimum Gasteiger partial charge on any atom is -0.325 e. The molecule has 1 N–H and O–H groups in total. The van der Waals surface area contributed by atoms with Gasteiger partial charge < -0.3 is 5.32 Å². The van der Waals surface area contributed by atoms with E-state index in [1.165, 1.54) is 43.6 Å². The van der Waals surface area contributed by atoms with Gasteiger partial charge in [-0.25, -0.2) is 17.7 Å². The van der Waals surface area contributed by atoms with Gasteiger partial charge in [-0.15, -0.1) is 0 Å². The maximum absolute atomic E-state index is 12.3. The van der Waals surface area contributed by atoms with Crippen LogP contribution in [0.2, 0.25) is 0 Å². The molecule has 6 nitrogen and oxygen atoms in total. The molecule has 2 aromatic carbocycles. The molecular formula is C21H23N3O3S2. The van der Waals surface area contributed by atoms with E-state index in [9.17, 15) is 13.2 Å². The standard InChI is InChI=1S/C21H23N3O3S2/c1-14-5-10-19-16(11-14)12-15(2)21(23-19)28-13-20(25)22-17-6-8-18(9-7-17)29(26,27)24(3)4/h5-12H,13H2,1-4H3,(H,22,25). The van der Waals surface area contributed by atoms with Gasteiger partial charge in [-0.2, -0.15) is 0 Å². The van der Waals surface area contributed by atoms with Crippen molar-refractivity contribution >= 4 is 44.3 Å². The number of amides is 1. The molecule has 0 bridgehead atoms. The van der Waals surface area contributed by atoms with Gasteiger partial charge in [0.05, 0.1) is 16.2 Å². The van der Waals surface area contributed by atoms with Crippen molar-refractivity contribution in [3.05, 3.63) is 59.7 Å². The number of rotatable bonds is 6. The summed E-state index contributed by atoms with van der Waals surface area (Å²) in [6, 6.07) is 14.3. The highest BCUT2D eigenvalue weighted by Gasteiger charge is 2.17. The van der Waals surface area contributed by atoms with Crippen LogP contribution in [0.5, 0.6) is 0 Å². The fraction of sp³-hybridized carbons (Fsp3) is 0.238. The van der Waals surface area contributed by atoms with Crippen LogP contribution >= 0.6 is 11.8 Å². The average Bonchev–Trinajstić information content (AvgIpc) is 2.66. The topological polar surface area (TPSA) is 79.4 Å². The molecule has 3 rings (SSSR count). The van der Waals surface area contributed by atoms with E-state index < -0.39 is 10.0 Å². The third-order valence-electron chi connectivity index (χ3n) is 4.37. The molecule has 152 valence electrons. The smallest absolute Gasteiger partial charge is 0.242 e. The van der Waals surface area contributed by atoms with E-state index >= 15 is 0 Å². The van der Waals surface area contributed by atoms with Gasteiger partial charge in [0.15, 0.2) is 0 Å². The van der Waals surface area contributed by atoms with Crippen LogP contribution in [0.15, 0.2) is 58.5 Å². The van der Waals surface area contributed by atoms with E-state index in [4.69, 9.17) is 0 Å². The van der Waals surface area contributed by atoms with Crippen LogP contribution in [0.4, 0.5) is 5.69 Å². The van der Waals surface area contributed by atoms with Crippen molar-refractivity contribution in [2.75, 3.05) is 25.2 Å². The van der Waals surface area contributed by atoms with Gasteiger partial charge in [0.25, 0.3) is 0 Å². The molecule has 8 heteroatoms. The number of carbonyl (C=O) groups excluding carboxylic acids is 1. The summed E-state index contributed by atoms with van der Waals surface area (Å²) in [4.78, 5) is 17.2. The Morgan fingerprint density at radius 3 is 2.41 bits per heavy atom. The predicted molar refractivity (Wildman–Crippen MR) is 118 cm³/mol. The Morgan fingerprint density at radius 2 is 1.76 bits per heavy atom. The van der Waals surface area contributed by atoms with Crippen LogP contribution in [0.1, 0.15) is 11.1 Å². The van der Waals surface area contributed by atoms with Gasteiger partial charge in [-0.05, 0) is 61.9 Å². The average molecular weight is 430 g/mol. The fourth-order valence-corrected chi connectivity index (χ4v) is 4.47. The molecule has 3 aromatic rings. The summed E-state index contributed by atoms with van der Waals surface area (Å²) in [6.45, 7) is 4.03. The molecule has 1 amide bonds. The van der Waals surface area contributed by atoms with E-state index in [2.05, 4.69) is 22.4 Å². The monoisotopic (exact) mass is 429 g/mol. The number of fused-ring (bicyclic) bond motifs is 1. The molecule has 29 heavy (non-hydrogen) atoms. The van der Waals surface area contributed by atoms with Crippen molar-refractivity contribution in [2.45, 2.75) is 23.8 Å². The summed E-state index contributed by atoms with van der Waals surface area (Å²) in [5.74, 6) is 0.0339. The van der Waals surface area contributed by atoms with Crippen molar-refractivity contribution in [2.24, 2.45) is 0 Å². The van der Waals surface area contributed by atoms with Crippen molar-refractivity contribution < 1.29 is 13.2 Å². The maximum Gasteiger partial charge on any atom is 0.242 e. The van der Waals surface area contributed by atoms with Crippen LogP contribution in [-0.4, -0.2) is 43.5 Å². The molecule has 0 aliphatic heterocycles. The van der Waals surface area contributed by atoms with E-state index in [1.807, 2.05) is 26.0 Å². The molecule has 0 saturated carbocycles. The Hall–Kier alpha value is -2.42. The normalized spacial score (nSPS) is 11.8. The SMILES string of the molecule is Cc1ccc2nc(SCC(=O)Nc3ccc(S(=O)(=O)N(C)C)cc3)c(C)cc2c1.